The molecule has 2 rings (SSSR count). The third-order valence-electron chi connectivity index (χ3n) is 9.11. The minimum atomic E-state index is -2.17. The van der Waals surface area contributed by atoms with Gasteiger partial charge in [-0.1, -0.05) is 55.0 Å². The molecule has 0 radical (unpaired) electrons. The Balaban J connectivity index is 2.54. The molecule has 2 fully saturated rings. The highest BCUT2D eigenvalue weighted by Crippen LogP contribution is 2.43. The van der Waals surface area contributed by atoms with Gasteiger partial charge in [-0.25, -0.2) is 0 Å². The molecule has 0 aromatic carbocycles. The highest BCUT2D eigenvalue weighted by atomic mass is 28.4. The molecule has 2 saturated heterocycles. The van der Waals surface area contributed by atoms with E-state index in [4.69, 9.17) is 18.6 Å². The number of carbonyl (C=O) groups is 1. The van der Waals surface area contributed by atoms with Crippen molar-refractivity contribution in [3.05, 3.63) is 12.2 Å². The lowest BCUT2D eigenvalue weighted by atomic mass is 9.77. The number of aliphatic hydroxyl groups is 1. The fraction of sp³-hybridized carbons (Fsp3) is 0.897. The quantitative estimate of drug-likeness (QED) is 0.257. The Bertz CT molecular complexity index is 787. The van der Waals surface area contributed by atoms with Gasteiger partial charge in [-0.05, 0) is 63.7 Å². The van der Waals surface area contributed by atoms with Gasteiger partial charge in [0.1, 0.15) is 6.10 Å². The number of esters is 1. The number of hydrogen-bond acceptors (Lipinski definition) is 6. The number of fused-ring (bicyclic) bond motifs is 2. The summed E-state index contributed by atoms with van der Waals surface area (Å²) in [4.78, 5) is 13.2. The van der Waals surface area contributed by atoms with E-state index in [0.29, 0.717) is 6.42 Å². The molecule has 2 bridgehead atoms. The average molecular weight is 527 g/mol. The lowest BCUT2D eigenvalue weighted by Gasteiger charge is -2.49. The first-order valence-electron chi connectivity index (χ1n) is 13.8. The highest BCUT2D eigenvalue weighted by molar-refractivity contribution is 6.74. The van der Waals surface area contributed by atoms with Gasteiger partial charge in [-0.3, -0.25) is 4.79 Å². The molecule has 10 atom stereocenters. The van der Waals surface area contributed by atoms with Gasteiger partial charge in [0.2, 0.25) is 0 Å². The summed E-state index contributed by atoms with van der Waals surface area (Å²) < 4.78 is 25.6. The summed E-state index contributed by atoms with van der Waals surface area (Å²) in [5, 5.41) is 11.5. The molecule has 2 aliphatic heterocycles. The van der Waals surface area contributed by atoms with Gasteiger partial charge in [-0.15, -0.1) is 0 Å². The van der Waals surface area contributed by atoms with Crippen LogP contribution in [0.2, 0.25) is 18.1 Å². The van der Waals surface area contributed by atoms with Crippen LogP contribution in [0, 0.1) is 29.6 Å². The number of rotatable bonds is 2. The summed E-state index contributed by atoms with van der Waals surface area (Å²) in [5.74, 6) is -1.95. The molecule has 0 aliphatic carbocycles. The van der Waals surface area contributed by atoms with E-state index in [0.717, 1.165) is 5.57 Å². The first kappa shape index (κ1) is 31.5. The van der Waals surface area contributed by atoms with Crippen LogP contribution in [0.15, 0.2) is 12.2 Å². The van der Waals surface area contributed by atoms with Gasteiger partial charge in [-0.2, -0.15) is 0 Å². The van der Waals surface area contributed by atoms with Crippen molar-refractivity contribution in [1.82, 2.24) is 0 Å². The van der Waals surface area contributed by atoms with Crippen LogP contribution < -0.4 is 0 Å². The van der Waals surface area contributed by atoms with E-state index in [1.54, 1.807) is 0 Å². The summed E-state index contributed by atoms with van der Waals surface area (Å²) in [6, 6.07) is 0. The SMILES string of the molecule is C=C1C[C@H](C)[C@@H]2OC(C)(C)O[C@@H]([C@@H]2C)[C@@H](C)C(=O)O[C@H](C)[C@H](C)[C@H](O)[C@@H](C)[C@@H]1O[Si](C)(C)C(C)(C)C. The average Bonchev–Trinajstić information content (AvgIpc) is 2.74. The Kier molecular flexibility index (Phi) is 9.77. The van der Waals surface area contributed by atoms with Crippen LogP contribution in [-0.4, -0.2) is 55.7 Å². The predicted octanol–water partition coefficient (Wildman–Crippen LogP) is 6.33. The van der Waals surface area contributed by atoms with Crippen LogP contribution in [0.5, 0.6) is 0 Å². The zero-order valence-electron chi connectivity index (χ0n) is 25.2. The fourth-order valence-corrected chi connectivity index (χ4v) is 6.82. The highest BCUT2D eigenvalue weighted by Gasteiger charge is 2.49. The molecule has 2 heterocycles. The molecular weight excluding hydrogens is 472 g/mol. The summed E-state index contributed by atoms with van der Waals surface area (Å²) in [5.41, 5.74) is 0.984. The third-order valence-corrected chi connectivity index (χ3v) is 13.6. The maximum atomic E-state index is 13.2. The van der Waals surface area contributed by atoms with Crippen LogP contribution in [-0.2, 0) is 23.4 Å². The molecule has 6 nitrogen and oxygen atoms in total. The Hall–Kier alpha value is -0.733. The van der Waals surface area contributed by atoms with E-state index in [2.05, 4.69) is 54.3 Å². The van der Waals surface area contributed by atoms with Gasteiger partial charge in [0.05, 0.1) is 30.3 Å². The second kappa shape index (κ2) is 11.2. The standard InChI is InChI=1S/C29H54O6Si/c1-16-15-17(2)25(35-36(13,14)28(8,9)10)19(4)23(30)18(3)22(7)32-27(31)21(6)26-20(5)24(16)33-29(11,12)34-26/h16,18-26,30H,2,15H2,1,3-14H3/t16-,18-,19+,20+,21+,22+,23-,24-,25+,26-/m0/s1. The van der Waals surface area contributed by atoms with Gasteiger partial charge in [0, 0.05) is 17.8 Å². The fourth-order valence-electron chi connectivity index (χ4n) is 5.45. The van der Waals surface area contributed by atoms with Crippen molar-refractivity contribution < 1.29 is 28.5 Å². The lowest BCUT2D eigenvalue weighted by molar-refractivity contribution is -0.333. The van der Waals surface area contributed by atoms with E-state index >= 15 is 0 Å². The third kappa shape index (κ3) is 6.82. The summed E-state index contributed by atoms with van der Waals surface area (Å²) in [6.07, 6.45) is -1.25. The molecule has 0 spiro atoms. The molecular formula is C29H54O6Si. The maximum absolute atomic E-state index is 13.2. The predicted molar refractivity (Wildman–Crippen MR) is 147 cm³/mol. The zero-order valence-corrected chi connectivity index (χ0v) is 26.2. The van der Waals surface area contributed by atoms with Crippen molar-refractivity contribution in [1.29, 1.82) is 0 Å². The molecule has 0 saturated carbocycles. The lowest BCUT2D eigenvalue weighted by Crippen LogP contribution is -2.56. The second-order valence-corrected chi connectivity index (χ2v) is 18.5. The van der Waals surface area contributed by atoms with E-state index in [-0.39, 0.29) is 53.0 Å². The van der Waals surface area contributed by atoms with Crippen LogP contribution in [0.4, 0.5) is 0 Å². The molecule has 36 heavy (non-hydrogen) atoms. The molecule has 7 heteroatoms. The van der Waals surface area contributed by atoms with E-state index in [1.807, 2.05) is 41.5 Å². The largest absolute Gasteiger partial charge is 0.462 e. The minimum Gasteiger partial charge on any atom is -0.462 e. The summed E-state index contributed by atoms with van der Waals surface area (Å²) >= 11 is 0. The normalized spacial score (nSPS) is 41.4. The molecule has 0 aromatic heterocycles. The molecule has 1 N–H and O–H groups in total. The molecule has 0 amide bonds. The van der Waals surface area contributed by atoms with Crippen molar-refractivity contribution in [3.63, 3.8) is 0 Å². The monoisotopic (exact) mass is 526 g/mol. The van der Waals surface area contributed by atoms with Gasteiger partial charge in [0.25, 0.3) is 0 Å². The van der Waals surface area contributed by atoms with E-state index < -0.39 is 32.2 Å². The Morgan fingerprint density at radius 3 is 2.03 bits per heavy atom. The number of carbonyl (C=O) groups excluding carboxylic acids is 1. The summed E-state index contributed by atoms with van der Waals surface area (Å²) in [7, 11) is -2.17. The van der Waals surface area contributed by atoms with Gasteiger partial charge >= 0.3 is 5.97 Å². The van der Waals surface area contributed by atoms with Crippen LogP contribution in [0.25, 0.3) is 0 Å². The number of aliphatic hydroxyl groups excluding tert-OH is 1. The van der Waals surface area contributed by atoms with Gasteiger partial charge in [0.15, 0.2) is 14.1 Å². The topological polar surface area (TPSA) is 74.2 Å². The first-order chi connectivity index (χ1) is 16.2. The summed E-state index contributed by atoms with van der Waals surface area (Å²) in [6.45, 7) is 31.5. The van der Waals surface area contributed by atoms with E-state index in [9.17, 15) is 9.90 Å². The minimum absolute atomic E-state index is 0.0122. The van der Waals surface area contributed by atoms with Crippen LogP contribution >= 0.6 is 0 Å². The second-order valence-electron chi connectivity index (χ2n) is 13.7. The van der Waals surface area contributed by atoms with Crippen LogP contribution in [0.3, 0.4) is 0 Å². The molecule has 0 unspecified atom stereocenters. The van der Waals surface area contributed by atoms with E-state index in [1.165, 1.54) is 0 Å². The van der Waals surface area contributed by atoms with Crippen molar-refractivity contribution >= 4 is 14.3 Å². The Morgan fingerprint density at radius 1 is 0.972 bits per heavy atom. The maximum Gasteiger partial charge on any atom is 0.311 e. The molecule has 0 aromatic rings. The Morgan fingerprint density at radius 2 is 1.50 bits per heavy atom. The zero-order chi connectivity index (χ0) is 28.0. The number of hydrogen-bond donors (Lipinski definition) is 1. The molecule has 210 valence electrons. The van der Waals surface area contributed by atoms with Gasteiger partial charge < -0.3 is 23.7 Å². The smallest absolute Gasteiger partial charge is 0.311 e. The Labute approximate surface area is 221 Å². The van der Waals surface area contributed by atoms with Crippen molar-refractivity contribution in [2.24, 2.45) is 29.6 Å². The van der Waals surface area contributed by atoms with Crippen molar-refractivity contribution in [2.75, 3.05) is 0 Å². The van der Waals surface area contributed by atoms with Crippen molar-refractivity contribution in [2.45, 2.75) is 137 Å². The number of ether oxygens (including phenoxy) is 3. The number of cyclic esters (lactones) is 1. The van der Waals surface area contributed by atoms with Crippen molar-refractivity contribution in [3.8, 4) is 0 Å². The van der Waals surface area contributed by atoms with Crippen LogP contribution in [0.1, 0.15) is 82.6 Å². The molecule has 2 aliphatic rings. The first-order valence-corrected chi connectivity index (χ1v) is 16.7.